The highest BCUT2D eigenvalue weighted by Crippen LogP contribution is 2.26. The summed E-state index contributed by atoms with van der Waals surface area (Å²) in [4.78, 5) is 14.6. The third kappa shape index (κ3) is 5.56. The molecule has 2 aromatic rings. The Hall–Kier alpha value is -1.88. The number of nitrogens with one attached hydrogen (secondary N) is 1. The minimum absolute atomic E-state index is 0.0666. The van der Waals surface area contributed by atoms with E-state index in [2.05, 4.69) is 16.3 Å². The largest absolute Gasteiger partial charge is 0.367 e. The number of hydrogen-bond donors (Lipinski definition) is 1. The summed E-state index contributed by atoms with van der Waals surface area (Å²) in [5.74, 6) is -0.0906. The molecule has 0 aliphatic carbocycles. The van der Waals surface area contributed by atoms with Gasteiger partial charge in [0.15, 0.2) is 0 Å². The predicted octanol–water partition coefficient (Wildman–Crippen LogP) is 3.81. The second kappa shape index (κ2) is 9.72. The first-order valence-electron chi connectivity index (χ1n) is 9.10. The topological polar surface area (TPSA) is 41.6 Å². The lowest BCUT2D eigenvalue weighted by atomic mass is 10.1. The van der Waals surface area contributed by atoms with Gasteiger partial charge in [-0.3, -0.25) is 9.69 Å². The first kappa shape index (κ1) is 18.9. The number of hydrogen-bond acceptors (Lipinski definition) is 3. The zero-order valence-corrected chi connectivity index (χ0v) is 15.6. The van der Waals surface area contributed by atoms with Gasteiger partial charge in [0.1, 0.15) is 6.61 Å². The molecule has 3 rings (SSSR count). The van der Waals surface area contributed by atoms with Gasteiger partial charge in [0.25, 0.3) is 0 Å². The number of ether oxygens (including phenoxy) is 1. The summed E-state index contributed by atoms with van der Waals surface area (Å²) < 4.78 is 5.52. The van der Waals surface area contributed by atoms with E-state index in [1.165, 1.54) is 12.8 Å². The number of amides is 1. The van der Waals surface area contributed by atoms with Crippen LogP contribution in [-0.2, 0) is 16.1 Å². The summed E-state index contributed by atoms with van der Waals surface area (Å²) >= 11 is 6.16. The fraction of sp³-hybridized carbons (Fsp3) is 0.381. The summed E-state index contributed by atoms with van der Waals surface area (Å²) in [5, 5.41) is 3.74. The number of carbonyl (C=O) groups excluding carboxylic acids is 1. The van der Waals surface area contributed by atoms with E-state index < -0.39 is 0 Å². The van der Waals surface area contributed by atoms with E-state index in [-0.39, 0.29) is 18.6 Å². The van der Waals surface area contributed by atoms with Crippen LogP contribution >= 0.6 is 11.6 Å². The lowest BCUT2D eigenvalue weighted by molar-refractivity contribution is -0.126. The summed E-state index contributed by atoms with van der Waals surface area (Å²) in [7, 11) is 0. The number of carbonyl (C=O) groups is 1. The number of halogens is 1. The molecule has 1 atom stereocenters. The maximum Gasteiger partial charge on any atom is 0.246 e. The first-order valence-corrected chi connectivity index (χ1v) is 9.48. The van der Waals surface area contributed by atoms with Crippen LogP contribution in [0.3, 0.4) is 0 Å². The normalized spacial score (nSPS) is 15.7. The van der Waals surface area contributed by atoms with E-state index >= 15 is 0 Å². The molecule has 4 nitrogen and oxygen atoms in total. The van der Waals surface area contributed by atoms with E-state index in [0.717, 1.165) is 29.2 Å². The molecule has 1 N–H and O–H groups in total. The molecule has 1 aliphatic heterocycles. The van der Waals surface area contributed by atoms with Crippen molar-refractivity contribution < 1.29 is 9.53 Å². The first-order chi connectivity index (χ1) is 12.7. The van der Waals surface area contributed by atoms with Crippen molar-refractivity contribution in [3.63, 3.8) is 0 Å². The fourth-order valence-electron chi connectivity index (χ4n) is 3.32. The van der Waals surface area contributed by atoms with E-state index in [4.69, 9.17) is 16.3 Å². The van der Waals surface area contributed by atoms with E-state index in [0.29, 0.717) is 13.2 Å². The summed E-state index contributed by atoms with van der Waals surface area (Å²) in [6.45, 7) is 3.18. The molecule has 138 valence electrons. The Kier molecular flexibility index (Phi) is 7.06. The smallest absolute Gasteiger partial charge is 0.246 e. The number of rotatable bonds is 8. The molecule has 0 saturated carbocycles. The van der Waals surface area contributed by atoms with Gasteiger partial charge in [-0.2, -0.15) is 0 Å². The van der Waals surface area contributed by atoms with Gasteiger partial charge in [0, 0.05) is 11.6 Å². The monoisotopic (exact) mass is 372 g/mol. The van der Waals surface area contributed by atoms with Crippen molar-refractivity contribution in [1.82, 2.24) is 10.2 Å². The zero-order chi connectivity index (χ0) is 18.2. The third-order valence-corrected chi connectivity index (χ3v) is 4.89. The highest BCUT2D eigenvalue weighted by atomic mass is 35.5. The molecule has 0 aromatic heterocycles. The van der Waals surface area contributed by atoms with Crippen molar-refractivity contribution in [2.45, 2.75) is 25.5 Å². The summed E-state index contributed by atoms with van der Waals surface area (Å²) in [6.07, 6.45) is 2.40. The van der Waals surface area contributed by atoms with Crippen molar-refractivity contribution in [3.8, 4) is 0 Å². The van der Waals surface area contributed by atoms with Crippen LogP contribution in [0.1, 0.15) is 30.0 Å². The predicted molar refractivity (Wildman–Crippen MR) is 104 cm³/mol. The van der Waals surface area contributed by atoms with Crippen LogP contribution in [0.4, 0.5) is 0 Å². The number of nitrogens with zero attached hydrogens (tertiary/aromatic N) is 1. The third-order valence-electron chi connectivity index (χ3n) is 4.65. The molecule has 0 spiro atoms. The van der Waals surface area contributed by atoms with Crippen LogP contribution in [0.15, 0.2) is 54.6 Å². The van der Waals surface area contributed by atoms with Gasteiger partial charge in [0.05, 0.1) is 12.6 Å². The second-order valence-corrected chi connectivity index (χ2v) is 7.03. The van der Waals surface area contributed by atoms with Gasteiger partial charge in [-0.15, -0.1) is 0 Å². The van der Waals surface area contributed by atoms with Gasteiger partial charge in [0.2, 0.25) is 5.91 Å². The van der Waals surface area contributed by atoms with Crippen LogP contribution in [0.25, 0.3) is 0 Å². The molecule has 1 heterocycles. The molecule has 1 unspecified atom stereocenters. The Bertz CT molecular complexity index is 702. The Balaban J connectivity index is 1.51. The zero-order valence-electron chi connectivity index (χ0n) is 14.9. The van der Waals surface area contributed by atoms with Crippen molar-refractivity contribution in [2.24, 2.45) is 0 Å². The number of likely N-dealkylation sites (tertiary alicyclic amines) is 1. The molecule has 1 aliphatic rings. The van der Waals surface area contributed by atoms with Crippen molar-refractivity contribution in [1.29, 1.82) is 0 Å². The average Bonchev–Trinajstić information content (AvgIpc) is 3.17. The summed E-state index contributed by atoms with van der Waals surface area (Å²) in [6, 6.07) is 17.9. The van der Waals surface area contributed by atoms with Crippen molar-refractivity contribution in [2.75, 3.05) is 26.2 Å². The molecule has 0 radical (unpaired) electrons. The maximum absolute atomic E-state index is 12.2. The standard InChI is InChI=1S/C21H25ClN2O2/c22-19-10-6-9-18(13-19)20(24-11-4-5-12-24)14-23-21(25)16-26-15-17-7-2-1-3-8-17/h1-3,6-10,13,20H,4-5,11-12,14-16H2,(H,23,25). The molecule has 0 bridgehead atoms. The Morgan fingerprint density at radius 3 is 2.62 bits per heavy atom. The highest BCUT2D eigenvalue weighted by molar-refractivity contribution is 6.30. The molecule has 1 amide bonds. The lowest BCUT2D eigenvalue weighted by Crippen LogP contribution is -2.38. The minimum atomic E-state index is -0.0906. The molecular formula is C21H25ClN2O2. The fourth-order valence-corrected chi connectivity index (χ4v) is 3.52. The molecule has 2 aromatic carbocycles. The van der Waals surface area contributed by atoms with Gasteiger partial charge in [-0.05, 0) is 49.2 Å². The van der Waals surface area contributed by atoms with Crippen LogP contribution in [0.2, 0.25) is 5.02 Å². The summed E-state index contributed by atoms with van der Waals surface area (Å²) in [5.41, 5.74) is 2.21. The highest BCUT2D eigenvalue weighted by Gasteiger charge is 2.24. The van der Waals surface area contributed by atoms with Crippen LogP contribution in [-0.4, -0.2) is 37.0 Å². The average molecular weight is 373 g/mol. The Morgan fingerprint density at radius 2 is 1.88 bits per heavy atom. The van der Waals surface area contributed by atoms with Crippen LogP contribution < -0.4 is 5.32 Å². The SMILES string of the molecule is O=C(COCc1ccccc1)NCC(c1cccc(Cl)c1)N1CCCC1. The molecular weight excluding hydrogens is 348 g/mol. The van der Waals surface area contributed by atoms with Gasteiger partial charge < -0.3 is 10.1 Å². The van der Waals surface area contributed by atoms with E-state index in [1.807, 2.05) is 48.5 Å². The van der Waals surface area contributed by atoms with E-state index in [9.17, 15) is 4.79 Å². The van der Waals surface area contributed by atoms with Crippen molar-refractivity contribution in [3.05, 3.63) is 70.7 Å². The Morgan fingerprint density at radius 1 is 1.12 bits per heavy atom. The molecule has 1 saturated heterocycles. The molecule has 26 heavy (non-hydrogen) atoms. The van der Waals surface area contributed by atoms with Crippen molar-refractivity contribution >= 4 is 17.5 Å². The molecule has 5 heteroatoms. The van der Waals surface area contributed by atoms with Crippen LogP contribution in [0, 0.1) is 0 Å². The quantitative estimate of drug-likeness (QED) is 0.766. The van der Waals surface area contributed by atoms with Crippen LogP contribution in [0.5, 0.6) is 0 Å². The molecule has 1 fully saturated rings. The van der Waals surface area contributed by atoms with E-state index in [1.54, 1.807) is 0 Å². The number of benzene rings is 2. The van der Waals surface area contributed by atoms with Gasteiger partial charge in [-0.1, -0.05) is 54.1 Å². The van der Waals surface area contributed by atoms with Gasteiger partial charge in [-0.25, -0.2) is 0 Å². The lowest BCUT2D eigenvalue weighted by Gasteiger charge is -2.28. The maximum atomic E-state index is 12.2. The van der Waals surface area contributed by atoms with Gasteiger partial charge >= 0.3 is 0 Å². The minimum Gasteiger partial charge on any atom is -0.367 e. The second-order valence-electron chi connectivity index (χ2n) is 6.60. The Labute approximate surface area is 160 Å².